The van der Waals surface area contributed by atoms with Crippen molar-refractivity contribution in [3.05, 3.63) is 46.2 Å². The summed E-state index contributed by atoms with van der Waals surface area (Å²) >= 11 is 8.24. The third-order valence-electron chi connectivity index (χ3n) is 4.41. The summed E-state index contributed by atoms with van der Waals surface area (Å²) in [5.74, 6) is 0.530. The molecule has 0 bridgehead atoms. The number of allylic oxidation sites excluding steroid dienone is 2. The predicted octanol–water partition coefficient (Wildman–Crippen LogP) is 3.61. The Balaban J connectivity index is 1.63. The number of alkyl halides is 3. The molecule has 1 atom stereocenters. The van der Waals surface area contributed by atoms with Crippen LogP contribution in [-0.2, 0) is 9.53 Å². The van der Waals surface area contributed by atoms with Crippen molar-refractivity contribution < 1.29 is 23.0 Å². The molecule has 6 nitrogen and oxygen atoms in total. The minimum Gasteiger partial charge on any atom is -0.420 e. The van der Waals surface area contributed by atoms with Crippen LogP contribution in [0.3, 0.4) is 0 Å². The van der Waals surface area contributed by atoms with Crippen LogP contribution >= 0.6 is 27.5 Å². The van der Waals surface area contributed by atoms with E-state index >= 15 is 0 Å². The van der Waals surface area contributed by atoms with Crippen LogP contribution in [0.25, 0.3) is 0 Å². The van der Waals surface area contributed by atoms with Gasteiger partial charge in [0, 0.05) is 49.6 Å². The summed E-state index contributed by atoms with van der Waals surface area (Å²) in [5.41, 5.74) is -2.80. The second kappa shape index (κ2) is 8.67. The minimum atomic E-state index is -3.78. The molecular formula is C18H19BrClF2N3O3. The highest BCUT2D eigenvalue weighted by molar-refractivity contribution is 9.11. The van der Waals surface area contributed by atoms with Crippen LogP contribution in [0.2, 0.25) is 0 Å². The van der Waals surface area contributed by atoms with Gasteiger partial charge in [-0.1, -0.05) is 0 Å². The largest absolute Gasteiger partial charge is 0.487 e. The molecule has 0 radical (unpaired) electrons. The van der Waals surface area contributed by atoms with E-state index in [0.717, 1.165) is 29.8 Å². The number of amides is 1. The number of methoxy groups -OCH3 is 1. The number of carbonyl (C=O) groups is 1. The first-order valence-corrected chi connectivity index (χ1v) is 9.71. The van der Waals surface area contributed by atoms with Gasteiger partial charge in [-0.25, -0.2) is 0 Å². The third kappa shape index (κ3) is 5.36. The maximum absolute atomic E-state index is 12.6. The highest BCUT2D eigenvalue weighted by Crippen LogP contribution is 2.27. The van der Waals surface area contributed by atoms with Crippen molar-refractivity contribution in [3.63, 3.8) is 0 Å². The van der Waals surface area contributed by atoms with E-state index in [0.29, 0.717) is 17.8 Å². The van der Waals surface area contributed by atoms with Crippen molar-refractivity contribution in [1.29, 1.82) is 0 Å². The van der Waals surface area contributed by atoms with Crippen molar-refractivity contribution in [3.8, 4) is 5.75 Å². The molecule has 1 aromatic rings. The third-order valence-corrected chi connectivity index (χ3v) is 5.09. The summed E-state index contributed by atoms with van der Waals surface area (Å²) in [4.78, 5) is 14.7. The van der Waals surface area contributed by atoms with E-state index in [1.54, 1.807) is 13.2 Å². The Hall–Kier alpha value is -1.84. The normalized spacial score (nSPS) is 20.0. The van der Waals surface area contributed by atoms with Crippen molar-refractivity contribution in [2.24, 2.45) is 0 Å². The summed E-state index contributed by atoms with van der Waals surface area (Å²) < 4.78 is 35.7. The van der Waals surface area contributed by atoms with Crippen LogP contribution in [0, 0.1) is 0 Å². The molecule has 1 fully saturated rings. The molecule has 2 aliphatic rings. The van der Waals surface area contributed by atoms with Crippen molar-refractivity contribution in [2.45, 2.75) is 18.1 Å². The summed E-state index contributed by atoms with van der Waals surface area (Å²) in [6.07, 6.45) is 2.93. The van der Waals surface area contributed by atoms with Crippen LogP contribution in [0.15, 0.2) is 46.2 Å². The first-order chi connectivity index (χ1) is 13.2. The first kappa shape index (κ1) is 20.9. The number of hydrogen-bond acceptors (Lipinski definition) is 5. The van der Waals surface area contributed by atoms with Crippen LogP contribution < -0.4 is 15.4 Å². The van der Waals surface area contributed by atoms with Gasteiger partial charge in [0.15, 0.2) is 0 Å². The highest BCUT2D eigenvalue weighted by atomic mass is 79.9. The molecular weight excluding hydrogens is 460 g/mol. The molecule has 2 aliphatic heterocycles. The van der Waals surface area contributed by atoms with E-state index in [1.807, 2.05) is 0 Å². The van der Waals surface area contributed by atoms with E-state index in [-0.39, 0.29) is 17.8 Å². The smallest absolute Gasteiger partial charge is 0.420 e. The molecule has 152 valence electrons. The van der Waals surface area contributed by atoms with E-state index in [9.17, 15) is 13.6 Å². The number of anilines is 1. The van der Waals surface area contributed by atoms with Gasteiger partial charge >= 0.3 is 5.57 Å². The molecule has 28 heavy (non-hydrogen) atoms. The number of benzene rings is 1. The quantitative estimate of drug-likeness (QED) is 0.612. The number of rotatable bonds is 6. The average Bonchev–Trinajstić information content (AvgIpc) is 3.11. The molecule has 1 aromatic carbocycles. The average molecular weight is 479 g/mol. The number of ether oxygens (including phenoxy) is 2. The molecule has 2 N–H and O–H groups in total. The van der Waals surface area contributed by atoms with Crippen LogP contribution in [0.1, 0.15) is 6.42 Å². The van der Waals surface area contributed by atoms with Crippen molar-refractivity contribution in [1.82, 2.24) is 10.2 Å². The lowest BCUT2D eigenvalue weighted by atomic mass is 10.1. The number of dihydropyridines is 1. The van der Waals surface area contributed by atoms with Crippen LogP contribution in [0.5, 0.6) is 5.75 Å². The second-order valence-electron chi connectivity index (χ2n) is 6.34. The van der Waals surface area contributed by atoms with Crippen molar-refractivity contribution >= 4 is 39.1 Å². The molecule has 10 heteroatoms. The number of hydrogen-bond donors (Lipinski definition) is 2. The van der Waals surface area contributed by atoms with Gasteiger partial charge in [-0.05, 0) is 52.7 Å². The predicted molar refractivity (Wildman–Crippen MR) is 106 cm³/mol. The lowest BCUT2D eigenvalue weighted by Crippen LogP contribution is -2.36. The van der Waals surface area contributed by atoms with E-state index in [1.165, 1.54) is 24.3 Å². The maximum Gasteiger partial charge on any atom is 0.487 e. The Morgan fingerprint density at radius 3 is 2.68 bits per heavy atom. The lowest BCUT2D eigenvalue weighted by Gasteiger charge is -2.27. The van der Waals surface area contributed by atoms with E-state index < -0.39 is 5.57 Å². The summed E-state index contributed by atoms with van der Waals surface area (Å²) in [7, 11) is 1.70. The first-order valence-electron chi connectivity index (χ1n) is 8.54. The SMILES string of the molecule is CO[C@H]1CCN(C2=C(Br)C=C(C(=O)Nc3ccc(OC(F)(F)Cl)cc3)CN2)C1. The Bertz CT molecular complexity index is 796. The number of carbonyl (C=O) groups excluding carboxylic acids is 1. The highest BCUT2D eigenvalue weighted by Gasteiger charge is 2.28. The van der Waals surface area contributed by atoms with Gasteiger partial charge < -0.3 is 25.0 Å². The summed E-state index contributed by atoms with van der Waals surface area (Å²) in [6, 6.07) is 5.51. The number of nitrogens with one attached hydrogen (secondary N) is 2. The Labute approximate surface area is 174 Å². The molecule has 0 unspecified atom stereocenters. The van der Waals surface area contributed by atoms with Gasteiger partial charge in [0.25, 0.3) is 5.91 Å². The van der Waals surface area contributed by atoms with Gasteiger partial charge in [0.05, 0.1) is 10.6 Å². The van der Waals surface area contributed by atoms with E-state index in [4.69, 9.17) is 16.3 Å². The Morgan fingerprint density at radius 1 is 1.39 bits per heavy atom. The molecule has 1 amide bonds. The van der Waals surface area contributed by atoms with Gasteiger partial charge in [-0.2, -0.15) is 0 Å². The zero-order valence-electron chi connectivity index (χ0n) is 15.0. The Morgan fingerprint density at radius 2 is 2.11 bits per heavy atom. The van der Waals surface area contributed by atoms with Crippen molar-refractivity contribution in [2.75, 3.05) is 32.1 Å². The molecule has 2 heterocycles. The molecule has 0 spiro atoms. The van der Waals surface area contributed by atoms with Gasteiger partial charge in [0.1, 0.15) is 11.6 Å². The molecule has 0 aliphatic carbocycles. The molecule has 0 saturated carbocycles. The zero-order chi connectivity index (χ0) is 20.3. The fourth-order valence-electron chi connectivity index (χ4n) is 3.02. The maximum atomic E-state index is 12.6. The molecule has 1 saturated heterocycles. The molecule has 3 rings (SSSR count). The number of halogens is 4. The van der Waals surface area contributed by atoms with Crippen LogP contribution in [0.4, 0.5) is 14.5 Å². The zero-order valence-corrected chi connectivity index (χ0v) is 17.3. The van der Waals surface area contributed by atoms with Gasteiger partial charge in [-0.15, -0.1) is 8.78 Å². The standard InChI is InChI=1S/C18H19BrClF2N3O3/c1-27-14-6-7-25(10-14)16-15(19)8-11(9-23-16)17(26)24-12-2-4-13(5-3-12)28-18(20,21)22/h2-5,8,14,23H,6-7,9-10H2,1H3,(H,24,26)/t14-/m0/s1. The molecule has 0 aromatic heterocycles. The monoisotopic (exact) mass is 477 g/mol. The topological polar surface area (TPSA) is 62.8 Å². The fourth-order valence-corrected chi connectivity index (χ4v) is 3.78. The lowest BCUT2D eigenvalue weighted by molar-refractivity contribution is -0.113. The van der Waals surface area contributed by atoms with Gasteiger partial charge in [-0.3, -0.25) is 4.79 Å². The van der Waals surface area contributed by atoms with Gasteiger partial charge in [0.2, 0.25) is 0 Å². The summed E-state index contributed by atoms with van der Waals surface area (Å²) in [6.45, 7) is 2.03. The van der Waals surface area contributed by atoms with E-state index in [2.05, 4.69) is 36.2 Å². The Kier molecular flexibility index (Phi) is 6.47. The minimum absolute atomic E-state index is 0.105. The fraction of sp³-hybridized carbons (Fsp3) is 0.389. The van der Waals surface area contributed by atoms with Crippen LogP contribution in [-0.4, -0.2) is 49.2 Å². The number of likely N-dealkylation sites (tertiary alicyclic amines) is 1. The second-order valence-corrected chi connectivity index (χ2v) is 7.63. The number of nitrogens with zero attached hydrogens (tertiary/aromatic N) is 1. The summed E-state index contributed by atoms with van der Waals surface area (Å²) in [5, 5.41) is 5.99.